The Balaban J connectivity index is 1.37. The van der Waals surface area contributed by atoms with Crippen molar-refractivity contribution >= 4 is 28.4 Å². The maximum atomic E-state index is 13.3. The Labute approximate surface area is 188 Å². The van der Waals surface area contributed by atoms with Crippen LogP contribution in [0.2, 0.25) is 5.02 Å². The van der Waals surface area contributed by atoms with Crippen LogP contribution in [0.25, 0.3) is 11.0 Å². The molecule has 2 aliphatic rings. The van der Waals surface area contributed by atoms with Gasteiger partial charge < -0.3 is 9.88 Å². The molecule has 3 atom stereocenters. The van der Waals surface area contributed by atoms with Gasteiger partial charge in [-0.05, 0) is 70.0 Å². The van der Waals surface area contributed by atoms with Crippen LogP contribution in [0.1, 0.15) is 54.0 Å². The van der Waals surface area contributed by atoms with E-state index in [0.717, 1.165) is 66.9 Å². The van der Waals surface area contributed by atoms with Gasteiger partial charge in [-0.3, -0.25) is 9.69 Å². The van der Waals surface area contributed by atoms with E-state index < -0.39 is 0 Å². The first-order valence-electron chi connectivity index (χ1n) is 11.3. The highest BCUT2D eigenvalue weighted by molar-refractivity contribution is 6.31. The summed E-state index contributed by atoms with van der Waals surface area (Å²) in [7, 11) is 0. The molecule has 0 amide bonds. The number of nitrogens with one attached hydrogen (secondary N) is 1. The highest BCUT2D eigenvalue weighted by Gasteiger charge is 2.36. The fourth-order valence-corrected chi connectivity index (χ4v) is 5.55. The van der Waals surface area contributed by atoms with Crippen LogP contribution >= 0.6 is 11.6 Å². The zero-order valence-corrected chi connectivity index (χ0v) is 18.9. The van der Waals surface area contributed by atoms with Gasteiger partial charge in [0.2, 0.25) is 0 Å². The number of hydrogen-bond acceptors (Lipinski definition) is 4. The summed E-state index contributed by atoms with van der Waals surface area (Å²) in [5.74, 6) is 1.22. The Kier molecular flexibility index (Phi) is 5.59. The summed E-state index contributed by atoms with van der Waals surface area (Å²) in [4.78, 5) is 20.4. The van der Waals surface area contributed by atoms with Crippen LogP contribution in [0, 0.1) is 6.92 Å². The second-order valence-electron chi connectivity index (χ2n) is 8.87. The van der Waals surface area contributed by atoms with Crippen LogP contribution in [-0.4, -0.2) is 52.0 Å². The highest BCUT2D eigenvalue weighted by Crippen LogP contribution is 2.29. The topological polar surface area (TPSA) is 50.2 Å². The first-order valence-corrected chi connectivity index (χ1v) is 11.7. The number of nitrogens with zero attached hydrogens (tertiary/aromatic N) is 3. The van der Waals surface area contributed by atoms with Crippen molar-refractivity contribution in [3.63, 3.8) is 0 Å². The highest BCUT2D eigenvalue weighted by atomic mass is 35.5. The van der Waals surface area contributed by atoms with E-state index >= 15 is 0 Å². The van der Waals surface area contributed by atoms with E-state index in [0.29, 0.717) is 11.1 Å². The number of rotatable bonds is 5. The molecule has 0 spiro atoms. The molecule has 1 aromatic heterocycles. The number of imidazole rings is 1. The van der Waals surface area contributed by atoms with Crippen LogP contribution < -0.4 is 5.32 Å². The Bertz CT molecular complexity index is 1100. The molecule has 31 heavy (non-hydrogen) atoms. The van der Waals surface area contributed by atoms with Gasteiger partial charge in [0, 0.05) is 23.2 Å². The maximum absolute atomic E-state index is 13.3. The standard InChI is InChI=1S/C25H29ClN4O/c1-16(30-17(2)28-22-14-20(26)9-10-23(22)30)18-5-7-19(8-6-18)25(31)24-4-3-13-29(24)21-11-12-27-15-21/h5-10,14,16,21,24,27H,3-4,11-13,15H2,1-2H3/t16-,21?,24?/m0/s1. The summed E-state index contributed by atoms with van der Waals surface area (Å²) in [6.45, 7) is 7.29. The number of carbonyl (C=O) groups is 1. The van der Waals surface area contributed by atoms with E-state index in [1.54, 1.807) is 0 Å². The summed E-state index contributed by atoms with van der Waals surface area (Å²) < 4.78 is 2.23. The number of fused-ring (bicyclic) bond motifs is 1. The smallest absolute Gasteiger partial charge is 0.179 e. The predicted octanol–water partition coefficient (Wildman–Crippen LogP) is 4.62. The monoisotopic (exact) mass is 436 g/mol. The van der Waals surface area contributed by atoms with Gasteiger partial charge in [0.1, 0.15) is 5.82 Å². The number of carbonyl (C=O) groups excluding carboxylic acids is 1. The van der Waals surface area contributed by atoms with E-state index in [1.807, 2.05) is 37.3 Å². The van der Waals surface area contributed by atoms with Crippen molar-refractivity contribution in [1.82, 2.24) is 19.8 Å². The molecule has 2 aliphatic heterocycles. The van der Waals surface area contributed by atoms with Crippen LogP contribution in [0.5, 0.6) is 0 Å². The molecule has 0 bridgehead atoms. The third kappa shape index (κ3) is 3.79. The molecule has 0 aliphatic carbocycles. The molecule has 0 saturated carbocycles. The van der Waals surface area contributed by atoms with Crippen LogP contribution in [-0.2, 0) is 0 Å². The lowest BCUT2D eigenvalue weighted by atomic mass is 9.98. The number of ketones is 1. The number of hydrogen-bond donors (Lipinski definition) is 1. The minimum absolute atomic E-state index is 0.0257. The summed E-state index contributed by atoms with van der Waals surface area (Å²) in [6, 6.07) is 14.7. The number of Topliss-reactive ketones (excluding diaryl/α,β-unsaturated/α-hetero) is 1. The molecule has 2 saturated heterocycles. The van der Waals surface area contributed by atoms with Crippen LogP contribution in [0.15, 0.2) is 42.5 Å². The molecule has 5 rings (SSSR count). The molecule has 6 heteroatoms. The second kappa shape index (κ2) is 8.38. The van der Waals surface area contributed by atoms with Crippen molar-refractivity contribution < 1.29 is 4.79 Å². The number of likely N-dealkylation sites (tertiary alicyclic amines) is 1. The number of benzene rings is 2. The largest absolute Gasteiger partial charge is 0.321 e. The van der Waals surface area contributed by atoms with Gasteiger partial charge in [-0.25, -0.2) is 4.98 Å². The molecule has 1 N–H and O–H groups in total. The minimum Gasteiger partial charge on any atom is -0.321 e. The Morgan fingerprint density at radius 3 is 2.74 bits per heavy atom. The molecule has 2 aromatic carbocycles. The molecular weight excluding hydrogens is 408 g/mol. The molecule has 2 unspecified atom stereocenters. The first-order chi connectivity index (χ1) is 15.0. The fraction of sp³-hybridized carbons (Fsp3) is 0.440. The van der Waals surface area contributed by atoms with Crippen LogP contribution in [0.4, 0.5) is 0 Å². The van der Waals surface area contributed by atoms with E-state index in [-0.39, 0.29) is 17.9 Å². The Morgan fingerprint density at radius 1 is 1.19 bits per heavy atom. The molecule has 2 fully saturated rings. The lowest BCUT2D eigenvalue weighted by Gasteiger charge is -2.29. The lowest BCUT2D eigenvalue weighted by Crippen LogP contribution is -2.44. The van der Waals surface area contributed by atoms with E-state index in [4.69, 9.17) is 11.6 Å². The van der Waals surface area contributed by atoms with E-state index in [1.165, 1.54) is 0 Å². The van der Waals surface area contributed by atoms with Gasteiger partial charge in [0.05, 0.1) is 23.1 Å². The van der Waals surface area contributed by atoms with Crippen molar-refractivity contribution in [2.75, 3.05) is 19.6 Å². The average Bonchev–Trinajstić information content (AvgIpc) is 3.51. The van der Waals surface area contributed by atoms with Crippen molar-refractivity contribution in [1.29, 1.82) is 0 Å². The molecule has 0 radical (unpaired) electrons. The normalized spacial score (nSPS) is 22.9. The lowest BCUT2D eigenvalue weighted by molar-refractivity contribution is 0.0826. The van der Waals surface area contributed by atoms with Gasteiger partial charge >= 0.3 is 0 Å². The quantitative estimate of drug-likeness (QED) is 0.593. The number of halogens is 1. The predicted molar refractivity (Wildman–Crippen MR) is 125 cm³/mol. The molecule has 5 nitrogen and oxygen atoms in total. The fourth-order valence-electron chi connectivity index (χ4n) is 5.38. The van der Waals surface area contributed by atoms with Gasteiger partial charge in [-0.2, -0.15) is 0 Å². The van der Waals surface area contributed by atoms with Crippen molar-refractivity contribution in [3.05, 3.63) is 64.4 Å². The zero-order valence-electron chi connectivity index (χ0n) is 18.1. The molecule has 162 valence electrons. The van der Waals surface area contributed by atoms with E-state index in [2.05, 4.69) is 38.8 Å². The SMILES string of the molecule is Cc1nc2cc(Cl)ccc2n1[C@@H](C)c1ccc(C(=O)C2CCCN2C2CCNC2)cc1. The van der Waals surface area contributed by atoms with Crippen LogP contribution in [0.3, 0.4) is 0 Å². The van der Waals surface area contributed by atoms with Gasteiger partial charge in [0.25, 0.3) is 0 Å². The Hall–Kier alpha value is -2.21. The second-order valence-corrected chi connectivity index (χ2v) is 9.30. The summed E-state index contributed by atoms with van der Waals surface area (Å²) in [5, 5.41) is 4.13. The summed E-state index contributed by atoms with van der Waals surface area (Å²) in [5.41, 5.74) is 3.96. The third-order valence-corrected chi connectivity index (χ3v) is 7.23. The molecule has 3 aromatic rings. The van der Waals surface area contributed by atoms with Crippen molar-refractivity contribution in [3.8, 4) is 0 Å². The van der Waals surface area contributed by atoms with Gasteiger partial charge in [0.15, 0.2) is 5.78 Å². The maximum Gasteiger partial charge on any atom is 0.179 e. The number of aromatic nitrogens is 2. The van der Waals surface area contributed by atoms with Crippen molar-refractivity contribution in [2.24, 2.45) is 0 Å². The van der Waals surface area contributed by atoms with Crippen molar-refractivity contribution in [2.45, 2.75) is 51.2 Å². The molecule has 3 heterocycles. The van der Waals surface area contributed by atoms with E-state index in [9.17, 15) is 4.79 Å². The Morgan fingerprint density at radius 2 is 2.00 bits per heavy atom. The van der Waals surface area contributed by atoms with Gasteiger partial charge in [-0.15, -0.1) is 0 Å². The zero-order chi connectivity index (χ0) is 21.5. The summed E-state index contributed by atoms with van der Waals surface area (Å²) >= 11 is 6.14. The first kappa shape index (κ1) is 20.7. The third-order valence-electron chi connectivity index (χ3n) is 6.99. The molecular formula is C25H29ClN4O. The minimum atomic E-state index is 0.0257. The summed E-state index contributed by atoms with van der Waals surface area (Å²) in [6.07, 6.45) is 3.22. The average molecular weight is 437 g/mol. The van der Waals surface area contributed by atoms with Gasteiger partial charge in [-0.1, -0.05) is 35.9 Å². The number of aryl methyl sites for hydroxylation is 1.